The van der Waals surface area contributed by atoms with E-state index in [2.05, 4.69) is 12.0 Å². The number of nitrogens with zero attached hydrogens (tertiary/aromatic N) is 2. The molecule has 78 valence electrons. The molecule has 0 radical (unpaired) electrons. The van der Waals surface area contributed by atoms with Crippen molar-refractivity contribution in [1.29, 1.82) is 0 Å². The maximum atomic E-state index is 9.39. The highest BCUT2D eigenvalue weighted by Crippen LogP contribution is 2.42. The van der Waals surface area contributed by atoms with E-state index in [9.17, 15) is 5.11 Å². The number of aromatic nitrogens is 2. The molecule has 0 bridgehead atoms. The molecule has 0 aromatic carbocycles. The summed E-state index contributed by atoms with van der Waals surface area (Å²) in [6.07, 6.45) is 3.17. The highest BCUT2D eigenvalue weighted by Gasteiger charge is 2.45. The molecule has 1 fully saturated rings. The summed E-state index contributed by atoms with van der Waals surface area (Å²) in [6, 6.07) is 2.02. The normalized spacial score (nSPS) is 31.5. The fraction of sp³-hybridized carbons (Fsp3) is 0.700. The minimum Gasteiger partial charge on any atom is -0.393 e. The van der Waals surface area contributed by atoms with Crippen LogP contribution in [-0.4, -0.2) is 27.5 Å². The van der Waals surface area contributed by atoms with Crippen LogP contribution in [-0.2, 0) is 12.0 Å². The molecule has 0 atom stereocenters. The Bertz CT molecular complexity index is 315. The van der Waals surface area contributed by atoms with Crippen LogP contribution in [0.5, 0.6) is 0 Å². The zero-order valence-electron chi connectivity index (χ0n) is 8.48. The van der Waals surface area contributed by atoms with Gasteiger partial charge in [-0.05, 0) is 25.8 Å². The predicted molar refractivity (Wildman–Crippen MR) is 53.9 cm³/mol. The van der Waals surface area contributed by atoms with Crippen molar-refractivity contribution < 1.29 is 5.11 Å². The standard InChI is InChI=1S/C10H17N3O/c1-2-13-9(3-4-12-13)10(7-11)5-8(14)6-10/h3-4,8,14H,2,5-7,11H2,1H3. The van der Waals surface area contributed by atoms with Crippen molar-refractivity contribution in [2.75, 3.05) is 6.54 Å². The fourth-order valence-electron chi connectivity index (χ4n) is 2.36. The number of aliphatic hydroxyl groups is 1. The lowest BCUT2D eigenvalue weighted by molar-refractivity contribution is 0.0178. The third-order valence-corrected chi connectivity index (χ3v) is 3.20. The minimum absolute atomic E-state index is 0.0219. The summed E-state index contributed by atoms with van der Waals surface area (Å²) in [7, 11) is 0. The molecular weight excluding hydrogens is 178 g/mol. The molecule has 0 spiro atoms. The number of aliphatic hydroxyl groups excluding tert-OH is 1. The maximum Gasteiger partial charge on any atom is 0.0559 e. The van der Waals surface area contributed by atoms with Crippen molar-refractivity contribution in [2.24, 2.45) is 5.73 Å². The van der Waals surface area contributed by atoms with Crippen molar-refractivity contribution in [3.63, 3.8) is 0 Å². The molecular formula is C10H17N3O. The van der Waals surface area contributed by atoms with Gasteiger partial charge in [-0.3, -0.25) is 4.68 Å². The fourth-order valence-corrected chi connectivity index (χ4v) is 2.36. The Labute approximate surface area is 83.7 Å². The SMILES string of the molecule is CCn1nccc1C1(CN)CC(O)C1. The van der Waals surface area contributed by atoms with Crippen molar-refractivity contribution in [1.82, 2.24) is 9.78 Å². The first-order valence-electron chi connectivity index (χ1n) is 5.12. The third-order valence-electron chi connectivity index (χ3n) is 3.20. The molecule has 4 heteroatoms. The molecule has 0 unspecified atom stereocenters. The maximum absolute atomic E-state index is 9.39. The number of hydrogen-bond donors (Lipinski definition) is 2. The van der Waals surface area contributed by atoms with Crippen molar-refractivity contribution in [2.45, 2.75) is 37.8 Å². The van der Waals surface area contributed by atoms with Crippen LogP contribution in [0.4, 0.5) is 0 Å². The average molecular weight is 195 g/mol. The van der Waals surface area contributed by atoms with Crippen LogP contribution in [0.15, 0.2) is 12.3 Å². The third kappa shape index (κ3) is 1.26. The van der Waals surface area contributed by atoms with E-state index in [0.717, 1.165) is 19.4 Å². The lowest BCUT2D eigenvalue weighted by atomic mass is 9.64. The van der Waals surface area contributed by atoms with Gasteiger partial charge < -0.3 is 10.8 Å². The van der Waals surface area contributed by atoms with Gasteiger partial charge in [0.15, 0.2) is 0 Å². The van der Waals surface area contributed by atoms with Crippen LogP contribution in [0.3, 0.4) is 0 Å². The van der Waals surface area contributed by atoms with Crippen molar-refractivity contribution in [3.8, 4) is 0 Å². The summed E-state index contributed by atoms with van der Waals surface area (Å²) in [4.78, 5) is 0. The molecule has 1 aliphatic carbocycles. The second-order valence-electron chi connectivity index (χ2n) is 4.08. The zero-order valence-corrected chi connectivity index (χ0v) is 8.48. The first-order valence-corrected chi connectivity index (χ1v) is 5.12. The topological polar surface area (TPSA) is 64.1 Å². The monoisotopic (exact) mass is 195 g/mol. The average Bonchev–Trinajstić information content (AvgIpc) is 2.60. The molecule has 1 aromatic heterocycles. The molecule has 14 heavy (non-hydrogen) atoms. The molecule has 1 heterocycles. The van der Waals surface area contributed by atoms with Gasteiger partial charge in [-0.1, -0.05) is 0 Å². The molecule has 1 aromatic rings. The van der Waals surface area contributed by atoms with Gasteiger partial charge in [0.2, 0.25) is 0 Å². The lowest BCUT2D eigenvalue weighted by Gasteiger charge is -2.44. The Morgan fingerprint density at radius 2 is 2.43 bits per heavy atom. The Kier molecular flexibility index (Phi) is 2.33. The highest BCUT2D eigenvalue weighted by molar-refractivity contribution is 5.23. The summed E-state index contributed by atoms with van der Waals surface area (Å²) in [5.74, 6) is 0. The van der Waals surface area contributed by atoms with Crippen LogP contribution >= 0.6 is 0 Å². The number of rotatable bonds is 3. The lowest BCUT2D eigenvalue weighted by Crippen LogP contribution is -2.51. The van der Waals surface area contributed by atoms with E-state index in [-0.39, 0.29) is 11.5 Å². The Hall–Kier alpha value is -0.870. The minimum atomic E-state index is -0.182. The van der Waals surface area contributed by atoms with E-state index < -0.39 is 0 Å². The van der Waals surface area contributed by atoms with E-state index >= 15 is 0 Å². The zero-order chi connectivity index (χ0) is 10.2. The molecule has 3 N–H and O–H groups in total. The van der Waals surface area contributed by atoms with Gasteiger partial charge in [0.1, 0.15) is 0 Å². The first-order chi connectivity index (χ1) is 6.72. The van der Waals surface area contributed by atoms with Gasteiger partial charge in [0.05, 0.1) is 6.10 Å². The first kappa shape index (κ1) is 9.68. The molecule has 1 aliphatic rings. The van der Waals surface area contributed by atoms with E-state index in [1.807, 2.05) is 10.7 Å². The molecule has 4 nitrogen and oxygen atoms in total. The summed E-state index contributed by atoms with van der Waals surface area (Å²) in [5.41, 5.74) is 6.95. The van der Waals surface area contributed by atoms with Crippen LogP contribution in [0.25, 0.3) is 0 Å². The second kappa shape index (κ2) is 3.37. The predicted octanol–water partition coefficient (Wildman–Crippen LogP) is 0.254. The van der Waals surface area contributed by atoms with Crippen LogP contribution in [0.1, 0.15) is 25.5 Å². The number of aryl methyl sites for hydroxylation is 1. The van der Waals surface area contributed by atoms with E-state index in [4.69, 9.17) is 5.73 Å². The van der Waals surface area contributed by atoms with Gasteiger partial charge in [-0.15, -0.1) is 0 Å². The molecule has 1 saturated carbocycles. The van der Waals surface area contributed by atoms with Crippen LogP contribution < -0.4 is 5.73 Å². The van der Waals surface area contributed by atoms with Crippen LogP contribution in [0.2, 0.25) is 0 Å². The molecule has 0 saturated heterocycles. The van der Waals surface area contributed by atoms with Gasteiger partial charge >= 0.3 is 0 Å². The quantitative estimate of drug-likeness (QED) is 0.727. The van der Waals surface area contributed by atoms with Gasteiger partial charge in [-0.25, -0.2) is 0 Å². The Morgan fingerprint density at radius 1 is 1.71 bits per heavy atom. The second-order valence-corrected chi connectivity index (χ2v) is 4.08. The van der Waals surface area contributed by atoms with E-state index in [1.165, 1.54) is 5.69 Å². The largest absolute Gasteiger partial charge is 0.393 e. The molecule has 0 aliphatic heterocycles. The summed E-state index contributed by atoms with van der Waals surface area (Å²) >= 11 is 0. The number of hydrogen-bond acceptors (Lipinski definition) is 3. The molecule has 2 rings (SSSR count). The summed E-state index contributed by atoms with van der Waals surface area (Å²) in [6.45, 7) is 3.52. The highest BCUT2D eigenvalue weighted by atomic mass is 16.3. The summed E-state index contributed by atoms with van der Waals surface area (Å²) in [5, 5.41) is 13.6. The number of nitrogens with two attached hydrogens (primary N) is 1. The van der Waals surface area contributed by atoms with Crippen molar-refractivity contribution in [3.05, 3.63) is 18.0 Å². The smallest absolute Gasteiger partial charge is 0.0559 e. The Morgan fingerprint density at radius 3 is 2.93 bits per heavy atom. The van der Waals surface area contributed by atoms with Crippen LogP contribution in [0, 0.1) is 0 Å². The van der Waals surface area contributed by atoms with Crippen molar-refractivity contribution >= 4 is 0 Å². The van der Waals surface area contributed by atoms with Gasteiger partial charge in [0.25, 0.3) is 0 Å². The van der Waals surface area contributed by atoms with E-state index in [0.29, 0.717) is 6.54 Å². The molecule has 0 amide bonds. The Balaban J connectivity index is 2.28. The van der Waals surface area contributed by atoms with Gasteiger partial charge in [0, 0.05) is 30.4 Å². The summed E-state index contributed by atoms with van der Waals surface area (Å²) < 4.78 is 1.97. The van der Waals surface area contributed by atoms with Gasteiger partial charge in [-0.2, -0.15) is 5.10 Å². The van der Waals surface area contributed by atoms with E-state index in [1.54, 1.807) is 6.20 Å².